The van der Waals surface area contributed by atoms with E-state index in [9.17, 15) is 0 Å². The summed E-state index contributed by atoms with van der Waals surface area (Å²) in [5.41, 5.74) is 1.35. The third-order valence-corrected chi connectivity index (χ3v) is 2.84. The first-order chi connectivity index (χ1) is 6.38. The Labute approximate surface area is 80.4 Å². The van der Waals surface area contributed by atoms with Gasteiger partial charge in [-0.05, 0) is 44.4 Å². The number of hydrogen-bond donors (Lipinski definition) is 0. The molecule has 1 nitrogen and oxygen atoms in total. The van der Waals surface area contributed by atoms with Crippen LogP contribution in [0.5, 0.6) is 0 Å². The maximum Gasteiger partial charge on any atom is 0.0369 e. The Kier molecular flexibility index (Phi) is 2.53. The molecule has 0 aliphatic carbocycles. The van der Waals surface area contributed by atoms with Crippen molar-refractivity contribution < 1.29 is 0 Å². The fourth-order valence-corrected chi connectivity index (χ4v) is 2.05. The van der Waals surface area contributed by atoms with E-state index in [1.54, 1.807) is 0 Å². The SMILES string of the molecule is C[C@@H]1CCCCN1c1cc[c]cc1. The lowest BCUT2D eigenvalue weighted by molar-refractivity contribution is 0.485. The quantitative estimate of drug-likeness (QED) is 0.632. The molecule has 1 heteroatoms. The topological polar surface area (TPSA) is 3.24 Å². The van der Waals surface area contributed by atoms with E-state index in [1.165, 1.54) is 31.5 Å². The summed E-state index contributed by atoms with van der Waals surface area (Å²) in [6.07, 6.45) is 4.05. The van der Waals surface area contributed by atoms with Gasteiger partial charge in [0.1, 0.15) is 0 Å². The van der Waals surface area contributed by atoms with Gasteiger partial charge < -0.3 is 4.90 Å². The summed E-state index contributed by atoms with van der Waals surface area (Å²) in [6.45, 7) is 3.53. The van der Waals surface area contributed by atoms with Crippen molar-refractivity contribution in [1.29, 1.82) is 0 Å². The van der Waals surface area contributed by atoms with Gasteiger partial charge in [0.15, 0.2) is 0 Å². The second kappa shape index (κ2) is 3.82. The van der Waals surface area contributed by atoms with E-state index in [0.29, 0.717) is 6.04 Å². The van der Waals surface area contributed by atoms with Crippen LogP contribution in [0, 0.1) is 6.07 Å². The van der Waals surface area contributed by atoms with E-state index in [0.717, 1.165) is 0 Å². The van der Waals surface area contributed by atoms with Gasteiger partial charge in [0.2, 0.25) is 0 Å². The van der Waals surface area contributed by atoms with Crippen LogP contribution in [0.3, 0.4) is 0 Å². The Morgan fingerprint density at radius 2 is 2.08 bits per heavy atom. The van der Waals surface area contributed by atoms with Gasteiger partial charge >= 0.3 is 0 Å². The first-order valence-corrected chi connectivity index (χ1v) is 5.10. The zero-order valence-electron chi connectivity index (χ0n) is 8.16. The molecule has 69 valence electrons. The van der Waals surface area contributed by atoms with Crippen molar-refractivity contribution in [3.63, 3.8) is 0 Å². The minimum atomic E-state index is 0.705. The minimum Gasteiger partial charge on any atom is -0.369 e. The van der Waals surface area contributed by atoms with Gasteiger partial charge in [-0.15, -0.1) is 0 Å². The molecule has 1 atom stereocenters. The van der Waals surface area contributed by atoms with Crippen molar-refractivity contribution in [3.05, 3.63) is 30.3 Å². The average Bonchev–Trinajstić information content (AvgIpc) is 2.20. The summed E-state index contributed by atoms with van der Waals surface area (Å²) in [6, 6.07) is 12.1. The van der Waals surface area contributed by atoms with E-state index in [1.807, 2.05) is 12.1 Å². The van der Waals surface area contributed by atoms with Crippen molar-refractivity contribution >= 4 is 5.69 Å². The summed E-state index contributed by atoms with van der Waals surface area (Å²) in [5.74, 6) is 0. The highest BCUT2D eigenvalue weighted by Gasteiger charge is 2.17. The molecule has 0 bridgehead atoms. The molecule has 1 radical (unpaired) electrons. The van der Waals surface area contributed by atoms with Crippen molar-refractivity contribution in [2.24, 2.45) is 0 Å². The van der Waals surface area contributed by atoms with Gasteiger partial charge in [-0.3, -0.25) is 0 Å². The van der Waals surface area contributed by atoms with E-state index in [2.05, 4.69) is 30.0 Å². The molecule has 0 aromatic heterocycles. The summed E-state index contributed by atoms with van der Waals surface area (Å²) in [5, 5.41) is 0. The standard InChI is InChI=1S/C12H16N/c1-11-7-5-6-10-13(11)12-8-3-2-4-9-12/h3-4,8-9,11H,5-7,10H2,1H3/t11-/m1/s1. The molecule has 1 saturated heterocycles. The van der Waals surface area contributed by atoms with Crippen molar-refractivity contribution in [1.82, 2.24) is 0 Å². The predicted molar refractivity (Wildman–Crippen MR) is 55.9 cm³/mol. The molecule has 0 spiro atoms. The number of anilines is 1. The van der Waals surface area contributed by atoms with Crippen LogP contribution in [-0.4, -0.2) is 12.6 Å². The fourth-order valence-electron chi connectivity index (χ4n) is 2.05. The maximum absolute atomic E-state index is 3.06. The van der Waals surface area contributed by atoms with Gasteiger partial charge in [0.25, 0.3) is 0 Å². The molecule has 2 rings (SSSR count). The maximum atomic E-state index is 3.06. The normalized spacial score (nSPS) is 23.2. The summed E-state index contributed by atoms with van der Waals surface area (Å²) in [4.78, 5) is 2.50. The van der Waals surface area contributed by atoms with Gasteiger partial charge in [-0.1, -0.05) is 12.1 Å². The van der Waals surface area contributed by atoms with Gasteiger partial charge in [0, 0.05) is 18.3 Å². The molecule has 0 unspecified atom stereocenters. The summed E-state index contributed by atoms with van der Waals surface area (Å²) in [7, 11) is 0. The fraction of sp³-hybridized carbons (Fsp3) is 0.500. The molecule has 1 heterocycles. The second-order valence-electron chi connectivity index (χ2n) is 3.80. The molecular formula is C12H16N. The molecule has 0 N–H and O–H groups in total. The largest absolute Gasteiger partial charge is 0.369 e. The smallest absolute Gasteiger partial charge is 0.0369 e. The first kappa shape index (κ1) is 8.61. The summed E-state index contributed by atoms with van der Waals surface area (Å²) < 4.78 is 0. The zero-order valence-corrected chi connectivity index (χ0v) is 8.16. The molecular weight excluding hydrogens is 158 g/mol. The van der Waals surface area contributed by atoms with E-state index in [-0.39, 0.29) is 0 Å². The Bertz CT molecular complexity index is 255. The van der Waals surface area contributed by atoms with Crippen LogP contribution in [-0.2, 0) is 0 Å². The first-order valence-electron chi connectivity index (χ1n) is 5.10. The lowest BCUT2D eigenvalue weighted by Gasteiger charge is -2.35. The Morgan fingerprint density at radius 1 is 1.31 bits per heavy atom. The van der Waals surface area contributed by atoms with Crippen LogP contribution < -0.4 is 4.90 Å². The van der Waals surface area contributed by atoms with Crippen molar-refractivity contribution in [2.75, 3.05) is 11.4 Å². The number of piperidine rings is 1. The highest BCUT2D eigenvalue weighted by Crippen LogP contribution is 2.23. The minimum absolute atomic E-state index is 0.705. The van der Waals surface area contributed by atoms with Crippen LogP contribution in [0.2, 0.25) is 0 Å². The highest BCUT2D eigenvalue weighted by atomic mass is 15.2. The van der Waals surface area contributed by atoms with Crippen LogP contribution in [0.1, 0.15) is 26.2 Å². The molecule has 0 saturated carbocycles. The Morgan fingerprint density at radius 3 is 2.77 bits per heavy atom. The second-order valence-corrected chi connectivity index (χ2v) is 3.80. The molecule has 0 amide bonds. The average molecular weight is 174 g/mol. The van der Waals surface area contributed by atoms with Gasteiger partial charge in [-0.2, -0.15) is 0 Å². The third-order valence-electron chi connectivity index (χ3n) is 2.84. The number of hydrogen-bond acceptors (Lipinski definition) is 1. The number of nitrogens with zero attached hydrogens (tertiary/aromatic N) is 1. The van der Waals surface area contributed by atoms with Crippen LogP contribution in [0.4, 0.5) is 5.69 Å². The molecule has 1 aliphatic heterocycles. The van der Waals surface area contributed by atoms with Crippen LogP contribution in [0.15, 0.2) is 24.3 Å². The molecule has 1 aromatic carbocycles. The third kappa shape index (κ3) is 1.85. The van der Waals surface area contributed by atoms with Crippen molar-refractivity contribution in [2.45, 2.75) is 32.2 Å². The molecule has 13 heavy (non-hydrogen) atoms. The predicted octanol–water partition coefficient (Wildman–Crippen LogP) is 2.87. The molecule has 1 aromatic rings. The monoisotopic (exact) mass is 174 g/mol. The van der Waals surface area contributed by atoms with E-state index >= 15 is 0 Å². The highest BCUT2D eigenvalue weighted by molar-refractivity contribution is 5.46. The van der Waals surface area contributed by atoms with Crippen molar-refractivity contribution in [3.8, 4) is 0 Å². The Hall–Kier alpha value is -0.980. The van der Waals surface area contributed by atoms with E-state index < -0.39 is 0 Å². The van der Waals surface area contributed by atoms with Gasteiger partial charge in [0.05, 0.1) is 0 Å². The lowest BCUT2D eigenvalue weighted by atomic mass is 10.0. The summed E-state index contributed by atoms with van der Waals surface area (Å²) >= 11 is 0. The van der Waals surface area contributed by atoms with Crippen LogP contribution in [0.25, 0.3) is 0 Å². The van der Waals surface area contributed by atoms with Crippen LogP contribution >= 0.6 is 0 Å². The Balaban J connectivity index is 2.15. The van der Waals surface area contributed by atoms with E-state index in [4.69, 9.17) is 0 Å². The molecule has 1 fully saturated rings. The lowest BCUT2D eigenvalue weighted by Crippen LogP contribution is -2.37. The number of rotatable bonds is 1. The molecule has 1 aliphatic rings. The number of benzene rings is 1. The van der Waals surface area contributed by atoms with Gasteiger partial charge in [-0.25, -0.2) is 0 Å². The zero-order chi connectivity index (χ0) is 9.10.